The minimum Gasteiger partial charge on any atom is -0.384 e. The number of aryl methyl sites for hydroxylation is 1. The Morgan fingerprint density at radius 3 is 2.96 bits per heavy atom. The molecule has 25 heavy (non-hydrogen) atoms. The quantitative estimate of drug-likeness (QED) is 0.879. The first kappa shape index (κ1) is 16.1. The number of carbonyl (C=O) groups is 1. The number of nitrogens with one attached hydrogen (secondary N) is 2. The molecule has 3 heterocycles. The highest BCUT2D eigenvalue weighted by Crippen LogP contribution is 2.43. The monoisotopic (exact) mass is 345 g/mol. The molecule has 1 amide bonds. The van der Waals surface area contributed by atoms with Crippen molar-refractivity contribution < 1.29 is 13.7 Å². The fourth-order valence-corrected chi connectivity index (χ4v) is 4.11. The number of rotatable bonds is 4. The molecule has 0 spiro atoms. The highest BCUT2D eigenvalue weighted by Gasteiger charge is 2.46. The van der Waals surface area contributed by atoms with Crippen LogP contribution in [0.2, 0.25) is 0 Å². The molecule has 2 fully saturated rings. The van der Waals surface area contributed by atoms with Crippen LogP contribution in [0.5, 0.6) is 0 Å². The molecule has 2 aliphatic rings. The molecule has 0 bridgehead atoms. The second-order valence-electron chi connectivity index (χ2n) is 6.81. The Balaban J connectivity index is 1.54. The maximum absolute atomic E-state index is 13.7. The number of amides is 1. The Hall–Kier alpha value is -2.41. The van der Waals surface area contributed by atoms with Crippen LogP contribution in [0.3, 0.4) is 0 Å². The lowest BCUT2D eigenvalue weighted by molar-refractivity contribution is -0.132. The summed E-state index contributed by atoms with van der Waals surface area (Å²) >= 11 is 0. The van der Waals surface area contributed by atoms with Gasteiger partial charge in [0.1, 0.15) is 11.6 Å². The van der Waals surface area contributed by atoms with Gasteiger partial charge in [-0.05, 0) is 23.6 Å². The van der Waals surface area contributed by atoms with Gasteiger partial charge in [0.05, 0.1) is 6.04 Å². The minimum absolute atomic E-state index is 0.00695. The van der Waals surface area contributed by atoms with Gasteiger partial charge in [0.2, 0.25) is 5.91 Å². The van der Waals surface area contributed by atoms with Gasteiger partial charge in [-0.1, -0.05) is 12.1 Å². The number of benzene rings is 1. The lowest BCUT2D eigenvalue weighted by atomic mass is 9.89. The second-order valence-corrected chi connectivity index (χ2v) is 6.81. The third-order valence-corrected chi connectivity index (χ3v) is 5.24. The van der Waals surface area contributed by atoms with Crippen LogP contribution in [0, 0.1) is 17.7 Å². The van der Waals surface area contributed by atoms with Gasteiger partial charge in [-0.25, -0.2) is 4.39 Å². The topological polar surface area (TPSA) is 78.3 Å². The van der Waals surface area contributed by atoms with E-state index in [1.54, 1.807) is 6.07 Å². The van der Waals surface area contributed by atoms with Crippen molar-refractivity contribution in [3.05, 3.63) is 57.8 Å². The van der Waals surface area contributed by atoms with Crippen molar-refractivity contribution in [2.24, 2.45) is 11.8 Å². The molecule has 132 valence electrons. The number of halogens is 1. The van der Waals surface area contributed by atoms with Crippen molar-refractivity contribution in [2.45, 2.75) is 18.9 Å². The van der Waals surface area contributed by atoms with E-state index in [1.807, 2.05) is 11.0 Å². The van der Waals surface area contributed by atoms with Crippen LogP contribution in [-0.4, -0.2) is 35.6 Å². The number of carbonyl (C=O) groups excluding carboxylic acids is 1. The lowest BCUT2D eigenvalue weighted by Crippen LogP contribution is -2.34. The van der Waals surface area contributed by atoms with Crippen molar-refractivity contribution in [2.75, 3.05) is 19.6 Å². The molecule has 1 aromatic heterocycles. The molecule has 2 aromatic rings. The predicted molar refractivity (Wildman–Crippen MR) is 88.4 cm³/mol. The van der Waals surface area contributed by atoms with Crippen LogP contribution < -0.4 is 10.9 Å². The van der Waals surface area contributed by atoms with Crippen molar-refractivity contribution >= 4 is 5.91 Å². The Morgan fingerprint density at radius 1 is 1.32 bits per heavy atom. The SMILES string of the molecule is O=C(CCc1cc(=O)[nH]o1)N1C[C@@H]2CNC[C@@H]2[C@@H]1c1cccc(F)c1. The van der Waals surface area contributed by atoms with Crippen molar-refractivity contribution in [1.29, 1.82) is 0 Å². The first-order valence-corrected chi connectivity index (χ1v) is 8.55. The Morgan fingerprint density at radius 2 is 2.20 bits per heavy atom. The lowest BCUT2D eigenvalue weighted by Gasteiger charge is -2.28. The largest absolute Gasteiger partial charge is 0.384 e. The van der Waals surface area contributed by atoms with E-state index in [0.717, 1.165) is 18.7 Å². The summed E-state index contributed by atoms with van der Waals surface area (Å²) in [5, 5.41) is 5.60. The van der Waals surface area contributed by atoms with E-state index in [-0.39, 0.29) is 29.7 Å². The number of hydrogen-bond acceptors (Lipinski definition) is 4. The van der Waals surface area contributed by atoms with E-state index in [0.29, 0.717) is 30.6 Å². The number of fused-ring (bicyclic) bond motifs is 1. The molecule has 4 rings (SSSR count). The number of hydrogen-bond donors (Lipinski definition) is 2. The third-order valence-electron chi connectivity index (χ3n) is 5.24. The van der Waals surface area contributed by atoms with Crippen LogP contribution in [0.4, 0.5) is 4.39 Å². The van der Waals surface area contributed by atoms with Crippen LogP contribution in [-0.2, 0) is 11.2 Å². The summed E-state index contributed by atoms with van der Waals surface area (Å²) in [6, 6.07) is 7.78. The van der Waals surface area contributed by atoms with Crippen molar-refractivity contribution in [3.63, 3.8) is 0 Å². The smallest absolute Gasteiger partial charge is 0.280 e. The first-order chi connectivity index (χ1) is 12.1. The van der Waals surface area contributed by atoms with E-state index in [2.05, 4.69) is 10.5 Å². The van der Waals surface area contributed by atoms with E-state index in [4.69, 9.17) is 4.52 Å². The van der Waals surface area contributed by atoms with Crippen LogP contribution >= 0.6 is 0 Å². The molecule has 7 heteroatoms. The fourth-order valence-electron chi connectivity index (χ4n) is 4.11. The normalized spacial score (nSPS) is 25.3. The molecule has 0 radical (unpaired) electrons. The molecule has 2 aliphatic heterocycles. The molecule has 2 N–H and O–H groups in total. The summed E-state index contributed by atoms with van der Waals surface area (Å²) < 4.78 is 18.7. The van der Waals surface area contributed by atoms with Gasteiger partial charge in [-0.2, -0.15) is 5.16 Å². The van der Waals surface area contributed by atoms with E-state index in [1.165, 1.54) is 18.2 Å². The van der Waals surface area contributed by atoms with E-state index in [9.17, 15) is 14.0 Å². The molecule has 2 saturated heterocycles. The Labute approximate surface area is 144 Å². The van der Waals surface area contributed by atoms with E-state index >= 15 is 0 Å². The number of H-pyrrole nitrogens is 1. The minimum atomic E-state index is -0.304. The molecule has 6 nitrogen and oxygen atoms in total. The van der Waals surface area contributed by atoms with Gasteiger partial charge in [-0.15, -0.1) is 0 Å². The number of nitrogens with zero attached hydrogens (tertiary/aromatic N) is 1. The number of likely N-dealkylation sites (tertiary alicyclic amines) is 1. The van der Waals surface area contributed by atoms with Gasteiger partial charge in [0.15, 0.2) is 0 Å². The van der Waals surface area contributed by atoms with Crippen LogP contribution in [0.15, 0.2) is 39.6 Å². The van der Waals surface area contributed by atoms with Gasteiger partial charge < -0.3 is 14.7 Å². The van der Waals surface area contributed by atoms with Gasteiger partial charge in [0.25, 0.3) is 5.56 Å². The molecule has 1 aromatic carbocycles. The summed E-state index contributed by atoms with van der Waals surface area (Å²) in [4.78, 5) is 25.8. The number of aromatic nitrogens is 1. The molecule has 0 unspecified atom stereocenters. The highest BCUT2D eigenvalue weighted by molar-refractivity contribution is 5.77. The molecular weight excluding hydrogens is 325 g/mol. The van der Waals surface area contributed by atoms with Crippen molar-refractivity contribution in [3.8, 4) is 0 Å². The average Bonchev–Trinajstić information content (AvgIpc) is 3.27. The Kier molecular flexibility index (Phi) is 4.17. The standard InChI is InChI=1S/C18H20FN3O3/c19-13-3-1-2-11(6-13)18-15-9-20-8-12(15)10-22(18)17(24)5-4-14-7-16(23)21-25-14/h1-3,6-7,12,15,18,20H,4-5,8-10H2,(H,21,23)/t12-,15-,18-/m0/s1. The zero-order valence-corrected chi connectivity index (χ0v) is 13.7. The zero-order valence-electron chi connectivity index (χ0n) is 13.7. The summed E-state index contributed by atoms with van der Waals surface area (Å²) in [7, 11) is 0. The summed E-state index contributed by atoms with van der Waals surface area (Å²) in [5.74, 6) is 0.890. The van der Waals surface area contributed by atoms with Crippen molar-refractivity contribution in [1.82, 2.24) is 15.4 Å². The van der Waals surface area contributed by atoms with Gasteiger partial charge in [0, 0.05) is 44.5 Å². The maximum atomic E-state index is 13.7. The average molecular weight is 345 g/mol. The zero-order chi connectivity index (χ0) is 17.4. The molecular formula is C18H20FN3O3. The first-order valence-electron chi connectivity index (χ1n) is 8.55. The molecule has 3 atom stereocenters. The van der Waals surface area contributed by atoms with Gasteiger partial charge in [-0.3, -0.25) is 9.59 Å². The second kappa shape index (κ2) is 6.48. The summed E-state index contributed by atoms with van der Waals surface area (Å²) in [6.45, 7) is 2.39. The van der Waals surface area contributed by atoms with Gasteiger partial charge >= 0.3 is 0 Å². The van der Waals surface area contributed by atoms with Crippen LogP contribution in [0.25, 0.3) is 0 Å². The highest BCUT2D eigenvalue weighted by atomic mass is 19.1. The third kappa shape index (κ3) is 3.11. The summed E-state index contributed by atoms with van der Waals surface area (Å²) in [6.07, 6.45) is 0.636. The summed E-state index contributed by atoms with van der Waals surface area (Å²) in [5.41, 5.74) is 0.541. The molecule has 0 aliphatic carbocycles. The molecule has 0 saturated carbocycles. The van der Waals surface area contributed by atoms with Crippen LogP contribution in [0.1, 0.15) is 23.8 Å². The van der Waals surface area contributed by atoms with E-state index < -0.39 is 0 Å². The maximum Gasteiger partial charge on any atom is 0.280 e. The predicted octanol–water partition coefficient (Wildman–Crippen LogP) is 1.46. The Bertz CT molecular complexity index is 831. The fraction of sp³-hybridized carbons (Fsp3) is 0.444. The number of aromatic amines is 1.